The number of rotatable bonds is 20. The minimum absolute atomic E-state index is 0.204. The van der Waals surface area contributed by atoms with E-state index < -0.39 is 140 Å². The molecular formula is C24H74O13Si15. The highest BCUT2D eigenvalue weighted by Crippen LogP contribution is 2.28. The second-order valence-corrected chi connectivity index (χ2v) is 51.7. The SMILES string of the molecule is CC1C[SiH](C)O[SiH](C)O[SiH](CC[SiH2]O[SiH2]O[SiH2]CC[SiH]2OC(C)C[Si](C)(CC[SiH2]O[SiH2]O[SiH2]CC[SiH]3OC(C)C[Si](C)(C)O[SiH](C)O3)O[SiH](C)O2)O1. The van der Waals surface area contributed by atoms with Gasteiger partial charge in [-0.3, -0.25) is 0 Å². The van der Waals surface area contributed by atoms with Gasteiger partial charge in [0.2, 0.25) is 0 Å². The largest absolute Gasteiger partial charge is 0.446 e. The molecule has 11 unspecified atom stereocenters. The summed E-state index contributed by atoms with van der Waals surface area (Å²) in [6, 6.07) is 12.0. The molecule has 3 heterocycles. The van der Waals surface area contributed by atoms with Crippen LogP contribution >= 0.6 is 0 Å². The van der Waals surface area contributed by atoms with Crippen LogP contribution in [0.1, 0.15) is 20.8 Å². The molecule has 0 aliphatic carbocycles. The van der Waals surface area contributed by atoms with Crippen LogP contribution in [0.5, 0.6) is 0 Å². The second-order valence-electron chi connectivity index (χ2n) is 15.7. The molecule has 308 valence electrons. The summed E-state index contributed by atoms with van der Waals surface area (Å²) in [5.41, 5.74) is 0. The highest BCUT2D eigenvalue weighted by molar-refractivity contribution is 6.80. The van der Waals surface area contributed by atoms with Crippen molar-refractivity contribution in [2.24, 2.45) is 0 Å². The Morgan fingerprint density at radius 1 is 0.558 bits per heavy atom. The first-order chi connectivity index (χ1) is 24.7. The third-order valence-corrected chi connectivity index (χ3v) is 52.2. The fourth-order valence-electron chi connectivity index (χ4n) is 7.38. The Hall–Kier alpha value is 2.73. The zero-order valence-electron chi connectivity index (χ0n) is 34.1. The lowest BCUT2D eigenvalue weighted by atomic mass is 10.5. The van der Waals surface area contributed by atoms with Crippen LogP contribution < -0.4 is 0 Å². The van der Waals surface area contributed by atoms with Crippen molar-refractivity contribution in [2.75, 3.05) is 0 Å². The molecule has 0 aromatic rings. The molecule has 3 fully saturated rings. The summed E-state index contributed by atoms with van der Waals surface area (Å²) in [4.78, 5) is 0. The Kier molecular flexibility index (Phi) is 25.3. The van der Waals surface area contributed by atoms with Gasteiger partial charge >= 0.3 is 27.9 Å². The van der Waals surface area contributed by atoms with Crippen molar-refractivity contribution in [3.63, 3.8) is 0 Å². The average molecular weight is 992 g/mol. The maximum absolute atomic E-state index is 6.79. The van der Waals surface area contributed by atoms with Gasteiger partial charge in [-0.2, -0.15) is 0 Å². The standard InChI is InChI=1S/C24H74O13Si15/c1-22-19-44(4)32-45(5)33-48(25-22)15-11-38-28-42-29-39-13-17-50-27-24(3)21-52(10,37-47(7)35-50)18-14-41-31-43-30-40-12-16-49-26-23(2)20-51(8,9)36-46(6)34-49/h22-24,44-50H,11-21,38-43H2,1-10H3. The van der Waals surface area contributed by atoms with Crippen LogP contribution in [0.25, 0.3) is 0 Å². The fourth-order valence-corrected chi connectivity index (χ4v) is 53.0. The molecule has 0 spiro atoms. The smallest absolute Gasteiger partial charge is 0.312 e. The van der Waals surface area contributed by atoms with Crippen molar-refractivity contribution in [3.8, 4) is 0 Å². The highest BCUT2D eigenvalue weighted by atomic mass is 28.4. The van der Waals surface area contributed by atoms with Crippen molar-refractivity contribution in [1.82, 2.24) is 0 Å². The summed E-state index contributed by atoms with van der Waals surface area (Å²) in [7, 11) is -18.5. The van der Waals surface area contributed by atoms with Crippen LogP contribution in [0.3, 0.4) is 0 Å². The van der Waals surface area contributed by atoms with Gasteiger partial charge in [0.1, 0.15) is 39.1 Å². The molecule has 0 bridgehead atoms. The van der Waals surface area contributed by atoms with Crippen LogP contribution in [0.4, 0.5) is 0 Å². The first-order valence-corrected chi connectivity index (χ1v) is 48.5. The molecule has 3 aliphatic heterocycles. The predicted molar refractivity (Wildman–Crippen MR) is 249 cm³/mol. The molecule has 28 heteroatoms. The van der Waals surface area contributed by atoms with E-state index in [2.05, 4.69) is 66.6 Å². The number of hydrogen-bond acceptors (Lipinski definition) is 13. The van der Waals surface area contributed by atoms with Gasteiger partial charge < -0.3 is 54.4 Å². The van der Waals surface area contributed by atoms with Gasteiger partial charge in [-0.05, 0) is 133 Å². The van der Waals surface area contributed by atoms with E-state index in [1.54, 1.807) is 0 Å². The summed E-state index contributed by atoms with van der Waals surface area (Å²) in [6.07, 6.45) is 0.735. The van der Waals surface area contributed by atoms with E-state index in [0.29, 0.717) is 0 Å². The van der Waals surface area contributed by atoms with E-state index in [1.807, 2.05) is 0 Å². The van der Waals surface area contributed by atoms with E-state index in [0.717, 1.165) is 66.5 Å². The molecule has 0 aromatic carbocycles. The molecule has 11 atom stereocenters. The first-order valence-electron chi connectivity index (χ1n) is 19.9. The van der Waals surface area contributed by atoms with E-state index in [4.69, 9.17) is 54.4 Å². The van der Waals surface area contributed by atoms with Gasteiger partial charge in [0, 0.05) is 18.3 Å². The van der Waals surface area contributed by atoms with E-state index in [-0.39, 0.29) is 18.3 Å². The van der Waals surface area contributed by atoms with Crippen molar-refractivity contribution in [2.45, 2.75) is 151 Å². The predicted octanol–water partition coefficient (Wildman–Crippen LogP) is -1.24. The normalized spacial score (nSPS) is 38.0. The van der Waals surface area contributed by atoms with Crippen molar-refractivity contribution in [1.29, 1.82) is 0 Å². The maximum Gasteiger partial charge on any atom is 0.312 e. The summed E-state index contributed by atoms with van der Waals surface area (Å²) >= 11 is 0. The van der Waals surface area contributed by atoms with Crippen molar-refractivity contribution in [3.05, 3.63) is 0 Å². The molecular weight excluding hydrogens is 918 g/mol. The highest BCUT2D eigenvalue weighted by Gasteiger charge is 2.38. The van der Waals surface area contributed by atoms with Crippen LogP contribution in [0, 0.1) is 0 Å². The lowest BCUT2D eigenvalue weighted by molar-refractivity contribution is 0.181. The van der Waals surface area contributed by atoms with Gasteiger partial charge in [-0.25, -0.2) is 0 Å². The van der Waals surface area contributed by atoms with Crippen LogP contribution in [-0.2, 0) is 54.4 Å². The molecule has 0 amide bonds. The van der Waals surface area contributed by atoms with E-state index >= 15 is 0 Å². The van der Waals surface area contributed by atoms with Gasteiger partial charge in [-0.15, -0.1) is 0 Å². The Labute approximate surface area is 343 Å². The topological polar surface area (TPSA) is 120 Å². The molecule has 0 N–H and O–H groups in total. The van der Waals surface area contributed by atoms with Crippen LogP contribution in [-0.4, -0.2) is 159 Å². The van der Waals surface area contributed by atoms with Crippen molar-refractivity contribution >= 4 is 140 Å². The third kappa shape index (κ3) is 22.2. The Balaban J connectivity index is 1.18. The van der Waals surface area contributed by atoms with Gasteiger partial charge in [-0.1, -0.05) is 0 Å². The van der Waals surface area contributed by atoms with E-state index in [9.17, 15) is 0 Å². The van der Waals surface area contributed by atoms with Gasteiger partial charge in [0.15, 0.2) is 25.7 Å². The summed E-state index contributed by atoms with van der Waals surface area (Å²) in [6.45, 7) is 22.3. The minimum atomic E-state index is -1.88. The maximum atomic E-state index is 6.79. The first kappa shape index (κ1) is 49.1. The Morgan fingerprint density at radius 3 is 1.54 bits per heavy atom. The zero-order chi connectivity index (χ0) is 38.0. The quantitative estimate of drug-likeness (QED) is 0.107. The van der Waals surface area contributed by atoms with Gasteiger partial charge in [0.05, 0.1) is 0 Å². The lowest BCUT2D eigenvalue weighted by Gasteiger charge is -2.38. The van der Waals surface area contributed by atoms with Gasteiger partial charge in [0.25, 0.3) is 47.9 Å². The zero-order valence-corrected chi connectivity index (χ0v) is 52.7. The number of hydrogen-bond donors (Lipinski definition) is 0. The van der Waals surface area contributed by atoms with Crippen LogP contribution in [0.2, 0.25) is 112 Å². The van der Waals surface area contributed by atoms with Crippen molar-refractivity contribution < 1.29 is 54.4 Å². The second kappa shape index (κ2) is 26.8. The molecule has 52 heavy (non-hydrogen) atoms. The summed E-state index contributed by atoms with van der Waals surface area (Å²) in [5, 5.41) is 0. The van der Waals surface area contributed by atoms with E-state index in [1.165, 1.54) is 0 Å². The molecule has 0 radical (unpaired) electrons. The minimum Gasteiger partial charge on any atom is -0.446 e. The molecule has 0 saturated carbocycles. The monoisotopic (exact) mass is 990 g/mol. The van der Waals surface area contributed by atoms with Crippen LogP contribution in [0.15, 0.2) is 0 Å². The Morgan fingerprint density at radius 2 is 1.00 bits per heavy atom. The fraction of sp³-hybridized carbons (Fsp3) is 1.00. The average Bonchev–Trinajstić information content (AvgIpc) is 2.99. The molecule has 13 nitrogen and oxygen atoms in total. The molecule has 3 rings (SSSR count). The lowest BCUT2D eigenvalue weighted by Crippen LogP contribution is -2.49. The molecule has 0 aromatic heterocycles. The Bertz CT molecular complexity index is 918. The summed E-state index contributed by atoms with van der Waals surface area (Å²) in [5.74, 6) is 0. The third-order valence-electron chi connectivity index (χ3n) is 9.22. The molecule has 3 aliphatic rings. The molecule has 3 saturated heterocycles. The summed E-state index contributed by atoms with van der Waals surface area (Å²) < 4.78 is 82.0.